The molecule has 0 aromatic heterocycles. The fraction of sp³-hybridized carbons (Fsp3) is 0.917. The van der Waals surface area contributed by atoms with Gasteiger partial charge in [0.1, 0.15) is 6.10 Å². The number of halogens is 2. The highest BCUT2D eigenvalue weighted by molar-refractivity contribution is 5.79. The van der Waals surface area contributed by atoms with Crippen molar-refractivity contribution in [1.82, 2.24) is 5.32 Å². The second-order valence-corrected chi connectivity index (χ2v) is 5.23. The largest absolute Gasteiger partial charge is 0.456 e. The van der Waals surface area contributed by atoms with Gasteiger partial charge in [-0.2, -0.15) is 8.78 Å². The number of nitrogens with one attached hydrogen (secondary N) is 1. The molecule has 0 radical (unpaired) electrons. The van der Waals surface area contributed by atoms with Crippen molar-refractivity contribution in [2.24, 2.45) is 11.8 Å². The Balaban J connectivity index is 1.69. The van der Waals surface area contributed by atoms with Gasteiger partial charge in [-0.25, -0.2) is 4.79 Å². The van der Waals surface area contributed by atoms with Crippen molar-refractivity contribution in [3.63, 3.8) is 0 Å². The van der Waals surface area contributed by atoms with Gasteiger partial charge in [0.05, 0.1) is 6.42 Å². The van der Waals surface area contributed by atoms with Gasteiger partial charge in [0.25, 0.3) is 0 Å². The van der Waals surface area contributed by atoms with E-state index in [0.29, 0.717) is 18.4 Å². The Labute approximate surface area is 105 Å². The average molecular weight is 263 g/mol. The summed E-state index contributed by atoms with van der Waals surface area (Å²) in [6.45, 7) is 1.13. The van der Waals surface area contributed by atoms with E-state index in [9.17, 15) is 13.6 Å². The first kappa shape index (κ1) is 13.7. The summed E-state index contributed by atoms with van der Waals surface area (Å²) in [4.78, 5) is 10.8. The second-order valence-electron chi connectivity index (χ2n) is 5.23. The molecule has 0 aromatic rings. The van der Waals surface area contributed by atoms with Crippen LogP contribution in [0.3, 0.4) is 0 Å². The highest BCUT2D eigenvalue weighted by atomic mass is 19.3. The fourth-order valence-corrected chi connectivity index (χ4v) is 2.81. The van der Waals surface area contributed by atoms with Crippen molar-refractivity contribution in [2.75, 3.05) is 19.7 Å². The third-order valence-electron chi connectivity index (χ3n) is 3.89. The van der Waals surface area contributed by atoms with Crippen LogP contribution in [0.25, 0.3) is 0 Å². The van der Waals surface area contributed by atoms with Crippen LogP contribution < -0.4 is 5.32 Å². The summed E-state index contributed by atoms with van der Waals surface area (Å²) in [7, 11) is 0. The van der Waals surface area contributed by atoms with E-state index in [-0.39, 0.29) is 13.2 Å². The van der Waals surface area contributed by atoms with Crippen LogP contribution in [-0.4, -0.2) is 42.8 Å². The van der Waals surface area contributed by atoms with E-state index in [2.05, 4.69) is 10.1 Å². The standard InChI is InChI=1S/C12H19F2NO3/c13-12(14)4-10(18-11(12)17)6-15-5-8-2-1-3-9(8)7-16/h8-10,15-16H,1-7H2. The minimum absolute atomic E-state index is 0.183. The maximum Gasteiger partial charge on any atom is 0.377 e. The first-order chi connectivity index (χ1) is 8.53. The molecule has 0 aromatic carbocycles. The molecule has 2 N–H and O–H groups in total. The molecular formula is C12H19F2NO3. The average Bonchev–Trinajstić information content (AvgIpc) is 2.84. The van der Waals surface area contributed by atoms with Gasteiger partial charge in [-0.15, -0.1) is 0 Å². The van der Waals surface area contributed by atoms with Gasteiger partial charge in [0, 0.05) is 13.2 Å². The van der Waals surface area contributed by atoms with E-state index < -0.39 is 24.4 Å². The van der Waals surface area contributed by atoms with Gasteiger partial charge in [0.15, 0.2) is 0 Å². The number of esters is 1. The number of alkyl halides is 2. The number of carbonyl (C=O) groups excluding carboxylic acids is 1. The minimum atomic E-state index is -3.33. The van der Waals surface area contributed by atoms with Crippen LogP contribution in [-0.2, 0) is 9.53 Å². The summed E-state index contributed by atoms with van der Waals surface area (Å²) < 4.78 is 30.4. The molecule has 104 valence electrons. The van der Waals surface area contributed by atoms with E-state index in [1.165, 1.54) is 0 Å². The van der Waals surface area contributed by atoms with Crippen LogP contribution in [0.15, 0.2) is 0 Å². The third-order valence-corrected chi connectivity index (χ3v) is 3.89. The van der Waals surface area contributed by atoms with Gasteiger partial charge in [-0.05, 0) is 31.2 Å². The number of aliphatic hydroxyl groups excluding tert-OH is 1. The Hall–Kier alpha value is -0.750. The number of hydrogen-bond acceptors (Lipinski definition) is 4. The Morgan fingerprint density at radius 1 is 1.33 bits per heavy atom. The molecule has 18 heavy (non-hydrogen) atoms. The number of ether oxygens (including phenoxy) is 1. The summed E-state index contributed by atoms with van der Waals surface area (Å²) in [6, 6.07) is 0. The summed E-state index contributed by atoms with van der Waals surface area (Å²) in [5, 5.41) is 12.2. The number of rotatable bonds is 5. The van der Waals surface area contributed by atoms with E-state index in [0.717, 1.165) is 19.3 Å². The van der Waals surface area contributed by atoms with Crippen molar-refractivity contribution in [2.45, 2.75) is 37.7 Å². The Morgan fingerprint density at radius 2 is 2.06 bits per heavy atom. The van der Waals surface area contributed by atoms with Gasteiger partial charge in [0.2, 0.25) is 0 Å². The topological polar surface area (TPSA) is 58.6 Å². The number of carbonyl (C=O) groups is 1. The maximum absolute atomic E-state index is 12.9. The summed E-state index contributed by atoms with van der Waals surface area (Å²) in [6.07, 6.45) is 1.92. The molecule has 4 nitrogen and oxygen atoms in total. The zero-order chi connectivity index (χ0) is 13.2. The summed E-state index contributed by atoms with van der Waals surface area (Å²) >= 11 is 0. The number of aliphatic hydroxyl groups is 1. The zero-order valence-electron chi connectivity index (χ0n) is 10.2. The number of cyclic esters (lactones) is 1. The lowest BCUT2D eigenvalue weighted by Crippen LogP contribution is -2.33. The molecule has 2 aliphatic rings. The summed E-state index contributed by atoms with van der Waals surface area (Å²) in [5.74, 6) is -4.03. The molecule has 1 saturated carbocycles. The predicted molar refractivity (Wildman–Crippen MR) is 60.2 cm³/mol. The molecule has 3 atom stereocenters. The maximum atomic E-state index is 12.9. The second kappa shape index (κ2) is 5.48. The molecule has 1 heterocycles. The molecule has 0 amide bonds. The van der Waals surface area contributed by atoms with Crippen LogP contribution in [0.4, 0.5) is 8.78 Å². The van der Waals surface area contributed by atoms with E-state index in [4.69, 9.17) is 5.11 Å². The summed E-state index contributed by atoms with van der Waals surface area (Å²) in [5.41, 5.74) is 0. The van der Waals surface area contributed by atoms with Crippen LogP contribution >= 0.6 is 0 Å². The molecule has 0 bridgehead atoms. The fourth-order valence-electron chi connectivity index (χ4n) is 2.81. The van der Waals surface area contributed by atoms with E-state index >= 15 is 0 Å². The van der Waals surface area contributed by atoms with Crippen molar-refractivity contribution >= 4 is 5.97 Å². The van der Waals surface area contributed by atoms with Crippen LogP contribution in [0.5, 0.6) is 0 Å². The van der Waals surface area contributed by atoms with Crippen molar-refractivity contribution in [3.05, 3.63) is 0 Å². The zero-order valence-corrected chi connectivity index (χ0v) is 10.2. The SMILES string of the molecule is O=C1OC(CNCC2CCCC2CO)CC1(F)F. The molecule has 0 spiro atoms. The van der Waals surface area contributed by atoms with E-state index in [1.54, 1.807) is 0 Å². The Bertz CT molecular complexity index is 312. The predicted octanol–water partition coefficient (Wildman–Crippen LogP) is 0.935. The molecule has 1 aliphatic heterocycles. The van der Waals surface area contributed by atoms with E-state index in [1.807, 2.05) is 0 Å². The number of hydrogen-bond donors (Lipinski definition) is 2. The van der Waals surface area contributed by atoms with Crippen LogP contribution in [0.1, 0.15) is 25.7 Å². The highest BCUT2D eigenvalue weighted by Crippen LogP contribution is 2.32. The van der Waals surface area contributed by atoms with Crippen LogP contribution in [0.2, 0.25) is 0 Å². The molecular weight excluding hydrogens is 244 g/mol. The van der Waals surface area contributed by atoms with Gasteiger partial charge >= 0.3 is 11.9 Å². The lowest BCUT2D eigenvalue weighted by molar-refractivity contribution is -0.159. The molecule has 1 aliphatic carbocycles. The lowest BCUT2D eigenvalue weighted by Gasteiger charge is -2.18. The molecule has 1 saturated heterocycles. The van der Waals surface area contributed by atoms with Crippen molar-refractivity contribution < 1.29 is 23.4 Å². The van der Waals surface area contributed by atoms with Gasteiger partial charge < -0.3 is 15.2 Å². The lowest BCUT2D eigenvalue weighted by atomic mass is 9.97. The van der Waals surface area contributed by atoms with Crippen LogP contribution in [0, 0.1) is 11.8 Å². The Morgan fingerprint density at radius 3 is 2.67 bits per heavy atom. The van der Waals surface area contributed by atoms with Gasteiger partial charge in [-0.3, -0.25) is 0 Å². The third kappa shape index (κ3) is 2.98. The van der Waals surface area contributed by atoms with Gasteiger partial charge in [-0.1, -0.05) is 6.42 Å². The monoisotopic (exact) mass is 263 g/mol. The molecule has 2 rings (SSSR count). The smallest absolute Gasteiger partial charge is 0.377 e. The first-order valence-corrected chi connectivity index (χ1v) is 6.43. The normalized spacial score (nSPS) is 34.8. The van der Waals surface area contributed by atoms with Crippen molar-refractivity contribution in [3.8, 4) is 0 Å². The quantitative estimate of drug-likeness (QED) is 0.725. The minimum Gasteiger partial charge on any atom is -0.456 e. The molecule has 6 heteroatoms. The Kier molecular flexibility index (Phi) is 4.17. The molecule has 3 unspecified atom stereocenters. The molecule has 2 fully saturated rings. The highest BCUT2D eigenvalue weighted by Gasteiger charge is 2.50. The first-order valence-electron chi connectivity index (χ1n) is 6.43. The van der Waals surface area contributed by atoms with Crippen molar-refractivity contribution in [1.29, 1.82) is 0 Å².